The molecule has 5 nitrogen and oxygen atoms in total. The van der Waals surface area contributed by atoms with E-state index in [9.17, 15) is 4.79 Å². The minimum atomic E-state index is 0.139. The molecule has 3 aromatic heterocycles. The molecule has 0 fully saturated rings. The van der Waals surface area contributed by atoms with E-state index in [1.165, 1.54) is 16.0 Å². The molecule has 3 heterocycles. The summed E-state index contributed by atoms with van der Waals surface area (Å²) < 4.78 is 1.79. The lowest BCUT2D eigenvalue weighted by atomic mass is 9.93. The summed E-state index contributed by atoms with van der Waals surface area (Å²) in [5.74, 6) is 0.579. The average Bonchev–Trinajstić information content (AvgIpc) is 3.05. The molecule has 0 bridgehead atoms. The number of pyridine rings is 1. The monoisotopic (exact) mass is 382 g/mol. The van der Waals surface area contributed by atoms with Crippen molar-refractivity contribution < 1.29 is 0 Å². The lowest BCUT2D eigenvalue weighted by molar-refractivity contribution is 0.462. The highest BCUT2D eigenvalue weighted by Gasteiger charge is 2.25. The predicted octanol–water partition coefficient (Wildman–Crippen LogP) is 3.55. The molecule has 0 saturated carbocycles. The Kier molecular flexibility index (Phi) is 5.36. The van der Waals surface area contributed by atoms with Crippen LogP contribution in [-0.2, 0) is 25.9 Å². The predicted molar refractivity (Wildman–Crippen MR) is 110 cm³/mol. The van der Waals surface area contributed by atoms with Crippen molar-refractivity contribution in [2.75, 3.05) is 0 Å². The normalized spacial score (nSPS) is 16.8. The van der Waals surface area contributed by atoms with Crippen LogP contribution >= 0.6 is 11.3 Å². The molecular weight excluding hydrogens is 356 g/mol. The third-order valence-electron chi connectivity index (χ3n) is 5.30. The van der Waals surface area contributed by atoms with Crippen LogP contribution in [0.2, 0.25) is 0 Å². The SMILES string of the molecule is CC(C)CCn1cnc2sc3c(c2c1=O)CC[C@H](NCc1cccnc1)C3. The summed E-state index contributed by atoms with van der Waals surface area (Å²) >= 11 is 1.70. The van der Waals surface area contributed by atoms with Crippen LogP contribution in [0.1, 0.15) is 42.7 Å². The van der Waals surface area contributed by atoms with Gasteiger partial charge in [0, 0.05) is 36.4 Å². The first-order chi connectivity index (χ1) is 13.1. The van der Waals surface area contributed by atoms with Crippen molar-refractivity contribution in [2.45, 2.75) is 58.7 Å². The van der Waals surface area contributed by atoms with E-state index in [1.807, 2.05) is 12.3 Å². The van der Waals surface area contributed by atoms with Gasteiger partial charge in [0.15, 0.2) is 0 Å². The molecule has 1 aliphatic rings. The maximum Gasteiger partial charge on any atom is 0.262 e. The van der Waals surface area contributed by atoms with Gasteiger partial charge < -0.3 is 5.32 Å². The topological polar surface area (TPSA) is 59.8 Å². The second-order valence-electron chi connectivity index (χ2n) is 7.79. The summed E-state index contributed by atoms with van der Waals surface area (Å²) in [6.07, 6.45) is 9.41. The molecular formula is C21H26N4OS. The zero-order chi connectivity index (χ0) is 18.8. The number of thiophene rings is 1. The second-order valence-corrected chi connectivity index (χ2v) is 8.88. The highest BCUT2D eigenvalue weighted by Crippen LogP contribution is 2.33. The van der Waals surface area contributed by atoms with Gasteiger partial charge in [-0.05, 0) is 48.8 Å². The summed E-state index contributed by atoms with van der Waals surface area (Å²) in [5, 5.41) is 4.51. The number of rotatable bonds is 6. The molecule has 4 rings (SSSR count). The minimum Gasteiger partial charge on any atom is -0.309 e. The Bertz CT molecular complexity index is 977. The fraction of sp³-hybridized carbons (Fsp3) is 0.476. The van der Waals surface area contributed by atoms with Gasteiger partial charge in [-0.15, -0.1) is 11.3 Å². The molecule has 1 atom stereocenters. The number of hydrogen-bond donors (Lipinski definition) is 1. The van der Waals surface area contributed by atoms with Crippen molar-refractivity contribution in [3.63, 3.8) is 0 Å². The molecule has 0 amide bonds. The quantitative estimate of drug-likeness (QED) is 0.708. The smallest absolute Gasteiger partial charge is 0.262 e. The highest BCUT2D eigenvalue weighted by molar-refractivity contribution is 7.18. The first-order valence-corrected chi connectivity index (χ1v) is 10.6. The molecule has 0 aliphatic heterocycles. The molecule has 3 aromatic rings. The Morgan fingerprint density at radius 1 is 1.41 bits per heavy atom. The zero-order valence-electron chi connectivity index (χ0n) is 15.9. The highest BCUT2D eigenvalue weighted by atomic mass is 32.1. The van der Waals surface area contributed by atoms with Crippen LogP contribution in [0.25, 0.3) is 10.2 Å². The third kappa shape index (κ3) is 3.96. The summed E-state index contributed by atoms with van der Waals surface area (Å²) in [5.41, 5.74) is 2.58. The van der Waals surface area contributed by atoms with Gasteiger partial charge in [0.2, 0.25) is 0 Å². The van der Waals surface area contributed by atoms with Crippen LogP contribution in [0, 0.1) is 5.92 Å². The van der Waals surface area contributed by atoms with Gasteiger partial charge >= 0.3 is 0 Å². The maximum atomic E-state index is 13.0. The Morgan fingerprint density at radius 3 is 3.07 bits per heavy atom. The van der Waals surface area contributed by atoms with Crippen LogP contribution in [0.15, 0.2) is 35.6 Å². The van der Waals surface area contributed by atoms with E-state index in [1.54, 1.807) is 28.4 Å². The van der Waals surface area contributed by atoms with Gasteiger partial charge in [-0.1, -0.05) is 19.9 Å². The molecule has 1 aliphatic carbocycles. The second kappa shape index (κ2) is 7.90. The van der Waals surface area contributed by atoms with Crippen LogP contribution in [0.5, 0.6) is 0 Å². The molecule has 0 radical (unpaired) electrons. The van der Waals surface area contributed by atoms with Crippen molar-refractivity contribution in [1.82, 2.24) is 19.9 Å². The molecule has 27 heavy (non-hydrogen) atoms. The Labute approximate surface area is 163 Å². The van der Waals surface area contributed by atoms with Crippen LogP contribution in [0.3, 0.4) is 0 Å². The lowest BCUT2D eigenvalue weighted by Crippen LogP contribution is -2.33. The Balaban J connectivity index is 1.52. The first-order valence-electron chi connectivity index (χ1n) is 9.73. The fourth-order valence-corrected chi connectivity index (χ4v) is 4.95. The van der Waals surface area contributed by atoms with Crippen LogP contribution < -0.4 is 10.9 Å². The molecule has 0 spiro atoms. The molecule has 0 unspecified atom stereocenters. The average molecular weight is 383 g/mol. The summed E-state index contributed by atoms with van der Waals surface area (Å²) in [6.45, 7) is 5.95. The number of nitrogens with one attached hydrogen (secondary N) is 1. The van der Waals surface area contributed by atoms with E-state index in [-0.39, 0.29) is 5.56 Å². The van der Waals surface area contributed by atoms with Crippen molar-refractivity contribution in [3.8, 4) is 0 Å². The largest absolute Gasteiger partial charge is 0.309 e. The van der Waals surface area contributed by atoms with Crippen LogP contribution in [0.4, 0.5) is 0 Å². The van der Waals surface area contributed by atoms with E-state index in [0.717, 1.165) is 49.0 Å². The molecule has 1 N–H and O–H groups in total. The minimum absolute atomic E-state index is 0.139. The lowest BCUT2D eigenvalue weighted by Gasteiger charge is -2.23. The third-order valence-corrected chi connectivity index (χ3v) is 6.46. The number of nitrogens with zero attached hydrogens (tertiary/aromatic N) is 3. The van der Waals surface area contributed by atoms with E-state index < -0.39 is 0 Å². The summed E-state index contributed by atoms with van der Waals surface area (Å²) in [6, 6.07) is 4.50. The molecule has 0 aromatic carbocycles. The van der Waals surface area contributed by atoms with Gasteiger partial charge in [0.1, 0.15) is 4.83 Å². The first kappa shape index (κ1) is 18.3. The van der Waals surface area contributed by atoms with Crippen molar-refractivity contribution in [2.24, 2.45) is 5.92 Å². The zero-order valence-corrected chi connectivity index (χ0v) is 16.8. The molecule has 142 valence electrons. The summed E-state index contributed by atoms with van der Waals surface area (Å²) in [7, 11) is 0. The standard InChI is InChI=1S/C21H26N4OS/c1-14(2)7-9-25-13-24-20-19(21(25)26)17-6-5-16(10-18(17)27-20)23-12-15-4-3-8-22-11-15/h3-4,8,11,13-14,16,23H,5-7,9-10,12H2,1-2H3/t16-/m0/s1. The molecule has 0 saturated heterocycles. The van der Waals surface area contributed by atoms with E-state index in [2.05, 4.69) is 35.2 Å². The van der Waals surface area contributed by atoms with Crippen molar-refractivity contribution >= 4 is 21.6 Å². The maximum absolute atomic E-state index is 13.0. The van der Waals surface area contributed by atoms with E-state index >= 15 is 0 Å². The molecule has 6 heteroatoms. The Morgan fingerprint density at radius 2 is 2.30 bits per heavy atom. The number of hydrogen-bond acceptors (Lipinski definition) is 5. The van der Waals surface area contributed by atoms with Gasteiger partial charge in [-0.2, -0.15) is 0 Å². The number of aryl methyl sites for hydroxylation is 2. The Hall–Kier alpha value is -2.05. The van der Waals surface area contributed by atoms with Gasteiger partial charge in [-0.25, -0.2) is 4.98 Å². The van der Waals surface area contributed by atoms with Gasteiger partial charge in [0.05, 0.1) is 11.7 Å². The van der Waals surface area contributed by atoms with Crippen molar-refractivity contribution in [3.05, 3.63) is 57.2 Å². The van der Waals surface area contributed by atoms with Crippen molar-refractivity contribution in [1.29, 1.82) is 0 Å². The van der Waals surface area contributed by atoms with E-state index in [0.29, 0.717) is 12.0 Å². The van der Waals surface area contributed by atoms with E-state index in [4.69, 9.17) is 0 Å². The van der Waals surface area contributed by atoms with Crippen LogP contribution in [-0.4, -0.2) is 20.6 Å². The van der Waals surface area contributed by atoms with Gasteiger partial charge in [-0.3, -0.25) is 14.3 Å². The number of aromatic nitrogens is 3. The fourth-order valence-electron chi connectivity index (χ4n) is 3.70. The van der Waals surface area contributed by atoms with Gasteiger partial charge in [0.25, 0.3) is 5.56 Å². The summed E-state index contributed by atoms with van der Waals surface area (Å²) in [4.78, 5) is 24.0. The number of fused-ring (bicyclic) bond motifs is 3.